The van der Waals surface area contributed by atoms with Gasteiger partial charge < -0.3 is 24.7 Å². The molecule has 8 nitrogen and oxygen atoms in total. The standard InChI is InChI=1S/C32H37N3O5S/c1-19-3-8-28(40-17-24-7-4-21(14-20(24)2)30(37)34-11-9-25(36)10-12-34)26(13-19)27-18-41-32(33-27)35-15-22-5-6-23(16-35)29(22)31(38)39/h3-4,7-8,13-14,18,22-23,25,29,36H,5-6,9-12,15-17H2,1-2H3,(H,38,39)/t22-,23?,29?/m1/s1. The van der Waals surface area contributed by atoms with Gasteiger partial charge in [-0.05, 0) is 86.8 Å². The lowest BCUT2D eigenvalue weighted by Gasteiger charge is -2.35. The zero-order valence-corrected chi connectivity index (χ0v) is 24.4. The van der Waals surface area contributed by atoms with Gasteiger partial charge in [0.25, 0.3) is 5.91 Å². The minimum Gasteiger partial charge on any atom is -0.488 e. The van der Waals surface area contributed by atoms with Crippen molar-refractivity contribution in [3.05, 3.63) is 64.0 Å². The Balaban J connectivity index is 1.15. The zero-order valence-electron chi connectivity index (χ0n) is 23.6. The minimum atomic E-state index is -0.655. The molecule has 41 heavy (non-hydrogen) atoms. The van der Waals surface area contributed by atoms with Gasteiger partial charge in [-0.15, -0.1) is 11.3 Å². The van der Waals surface area contributed by atoms with Gasteiger partial charge in [0.15, 0.2) is 5.13 Å². The number of aliphatic hydroxyl groups excluding tert-OH is 1. The first kappa shape index (κ1) is 27.7. The predicted molar refractivity (Wildman–Crippen MR) is 158 cm³/mol. The fraction of sp³-hybridized carbons (Fsp3) is 0.469. The van der Waals surface area contributed by atoms with Gasteiger partial charge in [-0.1, -0.05) is 17.7 Å². The number of ether oxygens (including phenoxy) is 1. The van der Waals surface area contributed by atoms with E-state index in [4.69, 9.17) is 9.72 Å². The number of fused-ring (bicyclic) bond motifs is 2. The highest BCUT2D eigenvalue weighted by Gasteiger charge is 2.46. The van der Waals surface area contributed by atoms with Crippen molar-refractivity contribution in [1.82, 2.24) is 9.88 Å². The molecule has 3 aromatic rings. The number of amides is 1. The number of aliphatic carboxylic acids is 1. The Bertz CT molecular complexity index is 1430. The van der Waals surface area contributed by atoms with Crippen LogP contribution in [-0.4, -0.2) is 64.3 Å². The number of thiazole rings is 1. The normalized spacial score (nSPS) is 22.7. The first-order chi connectivity index (χ1) is 19.8. The van der Waals surface area contributed by atoms with Gasteiger partial charge in [0.1, 0.15) is 12.4 Å². The van der Waals surface area contributed by atoms with Gasteiger partial charge in [0, 0.05) is 42.7 Å². The van der Waals surface area contributed by atoms with Crippen molar-refractivity contribution in [1.29, 1.82) is 0 Å². The average molecular weight is 576 g/mol. The molecule has 3 atom stereocenters. The van der Waals surface area contributed by atoms with Gasteiger partial charge >= 0.3 is 5.97 Å². The van der Waals surface area contributed by atoms with Crippen molar-refractivity contribution >= 4 is 28.3 Å². The molecule has 2 aromatic carbocycles. The second-order valence-electron chi connectivity index (χ2n) is 11.8. The summed E-state index contributed by atoms with van der Waals surface area (Å²) in [7, 11) is 0. The summed E-state index contributed by atoms with van der Waals surface area (Å²) in [5, 5.41) is 22.4. The van der Waals surface area contributed by atoms with E-state index in [2.05, 4.69) is 23.3 Å². The number of aryl methyl sites for hydroxylation is 2. The fourth-order valence-corrected chi connectivity index (χ4v) is 7.53. The Kier molecular flexibility index (Phi) is 7.74. The number of aromatic nitrogens is 1. The van der Waals surface area contributed by atoms with Crippen LogP contribution in [0.3, 0.4) is 0 Å². The van der Waals surface area contributed by atoms with Crippen LogP contribution in [0, 0.1) is 31.6 Å². The smallest absolute Gasteiger partial charge is 0.307 e. The van der Waals surface area contributed by atoms with Crippen LogP contribution in [0.4, 0.5) is 5.13 Å². The summed E-state index contributed by atoms with van der Waals surface area (Å²) < 4.78 is 6.34. The van der Waals surface area contributed by atoms with Gasteiger partial charge in [-0.2, -0.15) is 0 Å². The number of carboxylic acid groups (broad SMARTS) is 1. The van der Waals surface area contributed by atoms with Gasteiger partial charge in [-0.25, -0.2) is 4.98 Å². The number of anilines is 1. The van der Waals surface area contributed by atoms with Crippen molar-refractivity contribution in [2.75, 3.05) is 31.1 Å². The van der Waals surface area contributed by atoms with E-state index in [-0.39, 0.29) is 29.8 Å². The van der Waals surface area contributed by atoms with Gasteiger partial charge in [0.05, 0.1) is 17.7 Å². The Hall–Kier alpha value is -3.43. The number of nitrogens with zero attached hydrogens (tertiary/aromatic N) is 3. The summed E-state index contributed by atoms with van der Waals surface area (Å²) >= 11 is 1.60. The molecule has 2 bridgehead atoms. The van der Waals surface area contributed by atoms with E-state index in [0.29, 0.717) is 38.1 Å². The highest BCUT2D eigenvalue weighted by molar-refractivity contribution is 7.14. The van der Waals surface area contributed by atoms with Crippen molar-refractivity contribution in [2.45, 2.75) is 52.2 Å². The quantitative estimate of drug-likeness (QED) is 0.402. The third-order valence-corrected chi connectivity index (χ3v) is 9.92. The fourth-order valence-electron chi connectivity index (χ4n) is 6.68. The average Bonchev–Trinajstić information content (AvgIpc) is 3.55. The van der Waals surface area contributed by atoms with E-state index < -0.39 is 5.97 Å². The number of carbonyl (C=O) groups is 2. The maximum absolute atomic E-state index is 13.0. The number of rotatable bonds is 7. The first-order valence-electron chi connectivity index (χ1n) is 14.5. The Morgan fingerprint density at radius 1 is 1.02 bits per heavy atom. The molecule has 216 valence electrons. The number of carboxylic acids is 1. The molecule has 2 aliphatic heterocycles. The summed E-state index contributed by atoms with van der Waals surface area (Å²) in [5.41, 5.74) is 5.59. The third kappa shape index (κ3) is 5.70. The molecule has 6 rings (SSSR count). The number of carbonyl (C=O) groups excluding carboxylic acids is 1. The second kappa shape index (κ2) is 11.4. The summed E-state index contributed by atoms with van der Waals surface area (Å²) in [6.45, 7) is 7.08. The van der Waals surface area contributed by atoms with Crippen molar-refractivity contribution in [3.63, 3.8) is 0 Å². The van der Waals surface area contributed by atoms with Crippen LogP contribution in [0.1, 0.15) is 52.7 Å². The Labute approximate surface area is 244 Å². The minimum absolute atomic E-state index is 0.00724. The molecule has 2 N–H and O–H groups in total. The van der Waals surface area contributed by atoms with Crippen LogP contribution in [0.15, 0.2) is 41.8 Å². The molecule has 1 amide bonds. The van der Waals surface area contributed by atoms with E-state index in [1.165, 1.54) is 0 Å². The monoisotopic (exact) mass is 575 g/mol. The van der Waals surface area contributed by atoms with E-state index in [1.807, 2.05) is 42.2 Å². The first-order valence-corrected chi connectivity index (χ1v) is 15.4. The van der Waals surface area contributed by atoms with Crippen molar-refractivity contribution in [2.24, 2.45) is 17.8 Å². The number of hydrogen-bond donors (Lipinski definition) is 2. The highest BCUT2D eigenvalue weighted by atomic mass is 32.1. The molecule has 9 heteroatoms. The van der Waals surface area contributed by atoms with Crippen LogP contribution in [-0.2, 0) is 11.4 Å². The SMILES string of the molecule is Cc1ccc(OCc2ccc(C(=O)N3CCC(O)CC3)cc2C)c(-c2csc(N3CC4CC[C@H](C3)C4C(=O)O)n2)c1. The molecular weight excluding hydrogens is 538 g/mol. The van der Waals surface area contributed by atoms with Crippen LogP contribution in [0.25, 0.3) is 11.3 Å². The molecule has 2 saturated heterocycles. The van der Waals surface area contributed by atoms with Crippen LogP contribution < -0.4 is 9.64 Å². The maximum Gasteiger partial charge on any atom is 0.307 e. The molecule has 1 aromatic heterocycles. The number of hydrogen-bond acceptors (Lipinski definition) is 7. The summed E-state index contributed by atoms with van der Waals surface area (Å²) in [6.07, 6.45) is 2.89. The van der Waals surface area contributed by atoms with Crippen LogP contribution >= 0.6 is 11.3 Å². The number of piperidine rings is 2. The number of aliphatic hydroxyl groups is 1. The van der Waals surface area contributed by atoms with Gasteiger partial charge in [0.2, 0.25) is 0 Å². The third-order valence-electron chi connectivity index (χ3n) is 9.02. The Morgan fingerprint density at radius 3 is 2.44 bits per heavy atom. The molecule has 3 aliphatic rings. The lowest BCUT2D eigenvalue weighted by atomic mass is 9.85. The van der Waals surface area contributed by atoms with E-state index >= 15 is 0 Å². The van der Waals surface area contributed by atoms with Crippen LogP contribution in [0.5, 0.6) is 5.75 Å². The summed E-state index contributed by atoms with van der Waals surface area (Å²) in [4.78, 5) is 33.8. The molecule has 0 spiro atoms. The second-order valence-corrected chi connectivity index (χ2v) is 12.7. The molecule has 3 fully saturated rings. The lowest BCUT2D eigenvalue weighted by Crippen LogP contribution is -2.44. The van der Waals surface area contributed by atoms with Crippen molar-refractivity contribution < 1.29 is 24.5 Å². The van der Waals surface area contributed by atoms with Gasteiger partial charge in [-0.3, -0.25) is 9.59 Å². The van der Waals surface area contributed by atoms with E-state index in [1.54, 1.807) is 11.3 Å². The van der Waals surface area contributed by atoms with E-state index in [9.17, 15) is 19.8 Å². The molecule has 1 aliphatic carbocycles. The summed E-state index contributed by atoms with van der Waals surface area (Å²) in [6, 6.07) is 11.9. The van der Waals surface area contributed by atoms with Crippen LogP contribution in [0.2, 0.25) is 0 Å². The topological polar surface area (TPSA) is 103 Å². The molecular formula is C32H37N3O5S. The highest BCUT2D eigenvalue weighted by Crippen LogP contribution is 2.44. The molecule has 1 saturated carbocycles. The molecule has 0 radical (unpaired) electrons. The largest absolute Gasteiger partial charge is 0.488 e. The number of likely N-dealkylation sites (tertiary alicyclic amines) is 1. The zero-order chi connectivity index (χ0) is 28.7. The predicted octanol–water partition coefficient (Wildman–Crippen LogP) is 5.15. The molecule has 2 unspecified atom stereocenters. The number of benzene rings is 2. The maximum atomic E-state index is 13.0. The lowest BCUT2D eigenvalue weighted by molar-refractivity contribution is -0.144. The summed E-state index contributed by atoms with van der Waals surface area (Å²) in [5.74, 6) is 0.259. The Morgan fingerprint density at radius 2 is 1.76 bits per heavy atom. The molecule has 3 heterocycles. The van der Waals surface area contributed by atoms with Crippen molar-refractivity contribution in [3.8, 4) is 17.0 Å². The van der Waals surface area contributed by atoms with E-state index in [0.717, 1.165) is 64.8 Å².